The second-order valence-corrected chi connectivity index (χ2v) is 8.11. The topological polar surface area (TPSA) is 15.3 Å². The lowest BCUT2D eigenvalue weighted by molar-refractivity contribution is 0.120. The van der Waals surface area contributed by atoms with Crippen molar-refractivity contribution in [1.29, 1.82) is 0 Å². The molecule has 0 aromatic rings. The van der Waals surface area contributed by atoms with Gasteiger partial charge in [-0.3, -0.25) is 0 Å². The molecule has 0 bridgehead atoms. The molecule has 2 aliphatic rings. The molecule has 1 N–H and O–H groups in total. The Labute approximate surface area is 133 Å². The summed E-state index contributed by atoms with van der Waals surface area (Å²) in [5.74, 6) is 2.68. The molecule has 2 atom stereocenters. The molecule has 2 heteroatoms. The van der Waals surface area contributed by atoms with Crippen molar-refractivity contribution in [2.45, 2.75) is 78.2 Å². The van der Waals surface area contributed by atoms with Crippen LogP contribution in [0.5, 0.6) is 0 Å². The third kappa shape index (κ3) is 6.28. The molecule has 2 rings (SSSR count). The zero-order chi connectivity index (χ0) is 15.1. The van der Waals surface area contributed by atoms with Crippen molar-refractivity contribution in [2.75, 3.05) is 26.2 Å². The fraction of sp³-hybridized carbons (Fsp3) is 1.00. The van der Waals surface area contributed by atoms with Gasteiger partial charge in [0.1, 0.15) is 0 Å². The first-order valence-electron chi connectivity index (χ1n) is 9.63. The van der Waals surface area contributed by atoms with Gasteiger partial charge >= 0.3 is 0 Å². The van der Waals surface area contributed by atoms with Crippen LogP contribution in [0.2, 0.25) is 0 Å². The summed E-state index contributed by atoms with van der Waals surface area (Å²) in [7, 11) is 0. The van der Waals surface area contributed by atoms with Crippen LogP contribution in [0.1, 0.15) is 72.1 Å². The number of nitrogens with zero attached hydrogens (tertiary/aromatic N) is 1. The molecule has 2 nitrogen and oxygen atoms in total. The van der Waals surface area contributed by atoms with Crippen molar-refractivity contribution in [1.82, 2.24) is 10.2 Å². The second kappa shape index (κ2) is 9.15. The highest BCUT2D eigenvalue weighted by Gasteiger charge is 2.27. The van der Waals surface area contributed by atoms with E-state index in [1.807, 2.05) is 0 Å². The number of likely N-dealkylation sites (tertiary alicyclic amines) is 1. The first-order valence-corrected chi connectivity index (χ1v) is 9.63. The molecule has 1 saturated carbocycles. The van der Waals surface area contributed by atoms with E-state index in [0.29, 0.717) is 0 Å². The molecule has 2 unspecified atom stereocenters. The van der Waals surface area contributed by atoms with Crippen LogP contribution >= 0.6 is 0 Å². The quantitative estimate of drug-likeness (QED) is 0.753. The largest absolute Gasteiger partial charge is 0.312 e. The predicted octanol–water partition coefficient (Wildman–Crippen LogP) is 4.30. The fourth-order valence-electron chi connectivity index (χ4n) is 4.46. The van der Waals surface area contributed by atoms with Crippen LogP contribution in [0.25, 0.3) is 0 Å². The Bertz CT molecular complexity index is 271. The maximum atomic E-state index is 3.94. The Kier molecular flexibility index (Phi) is 7.53. The lowest BCUT2D eigenvalue weighted by Gasteiger charge is -2.39. The summed E-state index contributed by atoms with van der Waals surface area (Å²) in [6.45, 7) is 12.2. The Hall–Kier alpha value is -0.0800. The van der Waals surface area contributed by atoms with Gasteiger partial charge in [0, 0.05) is 25.7 Å². The highest BCUT2D eigenvalue weighted by Crippen LogP contribution is 2.25. The van der Waals surface area contributed by atoms with Gasteiger partial charge in [-0.25, -0.2) is 0 Å². The monoisotopic (exact) mass is 294 g/mol. The van der Waals surface area contributed by atoms with Gasteiger partial charge in [-0.2, -0.15) is 0 Å². The lowest BCUT2D eigenvalue weighted by Crippen LogP contribution is -2.51. The van der Waals surface area contributed by atoms with Crippen LogP contribution in [0.3, 0.4) is 0 Å². The normalized spacial score (nSPS) is 29.1. The van der Waals surface area contributed by atoms with Crippen LogP contribution < -0.4 is 5.32 Å². The summed E-state index contributed by atoms with van der Waals surface area (Å²) in [6.07, 6.45) is 11.5. The molecule has 124 valence electrons. The summed E-state index contributed by atoms with van der Waals surface area (Å²) in [6, 6.07) is 0.746. The molecule has 21 heavy (non-hydrogen) atoms. The van der Waals surface area contributed by atoms with Crippen LogP contribution in [0.15, 0.2) is 0 Å². The molecule has 2 fully saturated rings. The Morgan fingerprint density at radius 3 is 2.48 bits per heavy atom. The summed E-state index contributed by atoms with van der Waals surface area (Å²) < 4.78 is 0. The number of hydrogen-bond donors (Lipinski definition) is 1. The zero-order valence-electron chi connectivity index (χ0n) is 14.7. The van der Waals surface area contributed by atoms with Crippen LogP contribution in [-0.2, 0) is 0 Å². The molecule has 1 aliphatic carbocycles. The van der Waals surface area contributed by atoms with Gasteiger partial charge in [0.25, 0.3) is 0 Å². The van der Waals surface area contributed by atoms with Gasteiger partial charge in [0.05, 0.1) is 0 Å². The van der Waals surface area contributed by atoms with E-state index < -0.39 is 0 Å². The highest BCUT2D eigenvalue weighted by atomic mass is 15.2. The van der Waals surface area contributed by atoms with Crippen LogP contribution in [-0.4, -0.2) is 37.1 Å². The number of piperidine rings is 1. The van der Waals surface area contributed by atoms with E-state index in [9.17, 15) is 0 Å². The average Bonchev–Trinajstić information content (AvgIpc) is 2.46. The highest BCUT2D eigenvalue weighted by molar-refractivity contribution is 4.84. The Balaban J connectivity index is 1.78. The van der Waals surface area contributed by atoms with E-state index in [2.05, 4.69) is 31.0 Å². The molecule has 0 amide bonds. The molecular formula is C19H38N2. The third-order valence-corrected chi connectivity index (χ3v) is 5.35. The molecule has 0 aromatic carbocycles. The standard InChI is InChI=1S/C19H38N2/c1-4-8-18-11-19(15-21(14-18)13-16(2)3)20-12-17-9-6-5-7-10-17/h16-20H,4-15H2,1-3H3. The first-order chi connectivity index (χ1) is 10.2. The lowest BCUT2D eigenvalue weighted by atomic mass is 9.87. The summed E-state index contributed by atoms with van der Waals surface area (Å²) in [4.78, 5) is 2.73. The van der Waals surface area contributed by atoms with E-state index in [0.717, 1.165) is 23.8 Å². The van der Waals surface area contributed by atoms with E-state index in [-0.39, 0.29) is 0 Å². The van der Waals surface area contributed by atoms with Crippen molar-refractivity contribution < 1.29 is 0 Å². The predicted molar refractivity (Wildman–Crippen MR) is 92.7 cm³/mol. The first kappa shape index (κ1) is 17.3. The zero-order valence-corrected chi connectivity index (χ0v) is 14.7. The maximum Gasteiger partial charge on any atom is 0.0198 e. The van der Waals surface area contributed by atoms with Crippen molar-refractivity contribution in [3.8, 4) is 0 Å². The Morgan fingerprint density at radius 2 is 1.81 bits per heavy atom. The third-order valence-electron chi connectivity index (χ3n) is 5.35. The molecule has 1 aliphatic heterocycles. The van der Waals surface area contributed by atoms with Gasteiger partial charge in [-0.1, -0.05) is 46.5 Å². The number of hydrogen-bond acceptors (Lipinski definition) is 2. The molecular weight excluding hydrogens is 256 g/mol. The van der Waals surface area contributed by atoms with Gasteiger partial charge in [-0.15, -0.1) is 0 Å². The van der Waals surface area contributed by atoms with E-state index in [1.54, 1.807) is 0 Å². The van der Waals surface area contributed by atoms with Crippen LogP contribution in [0.4, 0.5) is 0 Å². The minimum atomic E-state index is 0.746. The average molecular weight is 295 g/mol. The van der Waals surface area contributed by atoms with Crippen molar-refractivity contribution in [2.24, 2.45) is 17.8 Å². The molecule has 0 radical (unpaired) electrons. The smallest absolute Gasteiger partial charge is 0.0198 e. The fourth-order valence-corrected chi connectivity index (χ4v) is 4.46. The van der Waals surface area contributed by atoms with Crippen molar-refractivity contribution >= 4 is 0 Å². The van der Waals surface area contributed by atoms with Crippen molar-refractivity contribution in [3.63, 3.8) is 0 Å². The summed E-state index contributed by atoms with van der Waals surface area (Å²) in [5.41, 5.74) is 0. The maximum absolute atomic E-state index is 3.94. The van der Waals surface area contributed by atoms with Gasteiger partial charge in [0.15, 0.2) is 0 Å². The van der Waals surface area contributed by atoms with Crippen molar-refractivity contribution in [3.05, 3.63) is 0 Å². The molecule has 1 saturated heterocycles. The van der Waals surface area contributed by atoms with E-state index in [4.69, 9.17) is 0 Å². The van der Waals surface area contributed by atoms with E-state index >= 15 is 0 Å². The number of nitrogens with one attached hydrogen (secondary N) is 1. The van der Waals surface area contributed by atoms with E-state index in [1.165, 1.54) is 77.5 Å². The second-order valence-electron chi connectivity index (χ2n) is 8.11. The number of rotatable bonds is 7. The molecule has 0 aromatic heterocycles. The SMILES string of the molecule is CCCC1CC(NCC2CCCCC2)CN(CC(C)C)C1. The summed E-state index contributed by atoms with van der Waals surface area (Å²) in [5, 5.41) is 3.94. The van der Waals surface area contributed by atoms with Gasteiger partial charge in [0.2, 0.25) is 0 Å². The van der Waals surface area contributed by atoms with Gasteiger partial charge < -0.3 is 10.2 Å². The Morgan fingerprint density at radius 1 is 1.05 bits per heavy atom. The van der Waals surface area contributed by atoms with Crippen LogP contribution in [0, 0.1) is 17.8 Å². The van der Waals surface area contributed by atoms with Gasteiger partial charge in [-0.05, 0) is 50.0 Å². The minimum Gasteiger partial charge on any atom is -0.312 e. The summed E-state index contributed by atoms with van der Waals surface area (Å²) >= 11 is 0. The molecule has 1 heterocycles. The molecule has 0 spiro atoms. The minimum absolute atomic E-state index is 0.746.